The molecule has 2 saturated heterocycles. The van der Waals surface area contributed by atoms with Crippen LogP contribution in [0.1, 0.15) is 29.5 Å². The van der Waals surface area contributed by atoms with Crippen LogP contribution in [0.15, 0.2) is 87.6 Å². The molecule has 0 bridgehead atoms. The number of Topliss-reactive ketones (excluding diaryl/α,β-unsaturated/α-hetero) is 1. The van der Waals surface area contributed by atoms with Gasteiger partial charge in [-0.05, 0) is 80.3 Å². The monoisotopic (exact) mass is 810 g/mol. The van der Waals surface area contributed by atoms with Gasteiger partial charge in [0.2, 0.25) is 0 Å². The number of halogens is 2. The zero-order chi connectivity index (χ0) is 42.2. The van der Waals surface area contributed by atoms with Gasteiger partial charge in [-0.3, -0.25) is 33.5 Å². The quantitative estimate of drug-likeness (QED) is 0.224. The Balaban J connectivity index is 0.000000152. The Labute approximate surface area is 338 Å². The lowest BCUT2D eigenvalue weighted by Crippen LogP contribution is -2.45. The number of nitrogens with zero attached hydrogens (tertiary/aromatic N) is 8. The molecule has 3 aromatic heterocycles. The SMILES string of the molecule is Cc1ccc2ncc(=O)n(CC=O)c2c1.Cc1ccc2ncc(=O)n(CCN3CCC(=O)C(F)C3)c2c1.Cc1ccc2ncc(=O)n(CCN3CCC(O)C(F)C3)c2c1. The number of aliphatic hydroxyl groups excluding tert-OH is 1. The van der Waals surface area contributed by atoms with E-state index in [0.717, 1.165) is 44.3 Å². The molecule has 310 valence electrons. The van der Waals surface area contributed by atoms with E-state index in [9.17, 15) is 37.9 Å². The zero-order valence-corrected chi connectivity index (χ0v) is 33.3. The zero-order valence-electron chi connectivity index (χ0n) is 33.3. The lowest BCUT2D eigenvalue weighted by molar-refractivity contribution is -0.127. The lowest BCUT2D eigenvalue weighted by atomic mass is 10.1. The lowest BCUT2D eigenvalue weighted by Gasteiger charge is -2.32. The van der Waals surface area contributed by atoms with Crippen molar-refractivity contribution in [1.29, 1.82) is 0 Å². The van der Waals surface area contributed by atoms with E-state index in [-0.39, 0.29) is 48.5 Å². The van der Waals surface area contributed by atoms with Crippen LogP contribution in [0.3, 0.4) is 0 Å². The summed E-state index contributed by atoms with van der Waals surface area (Å²) in [5, 5.41) is 9.43. The largest absolute Gasteiger partial charge is 0.390 e. The summed E-state index contributed by atoms with van der Waals surface area (Å²) in [6.07, 6.45) is 1.81. The van der Waals surface area contributed by atoms with Crippen LogP contribution in [0, 0.1) is 20.8 Å². The second-order valence-electron chi connectivity index (χ2n) is 15.0. The van der Waals surface area contributed by atoms with Crippen molar-refractivity contribution in [1.82, 2.24) is 38.5 Å². The first-order chi connectivity index (χ1) is 28.3. The van der Waals surface area contributed by atoms with Crippen LogP contribution in [0.4, 0.5) is 8.78 Å². The molecule has 0 saturated carbocycles. The number of rotatable bonds is 8. The number of carbonyl (C=O) groups excluding carboxylic acids is 2. The first kappa shape index (κ1) is 42.8. The number of carbonyl (C=O) groups is 2. The maximum Gasteiger partial charge on any atom is 0.269 e. The van der Waals surface area contributed by atoms with Crippen LogP contribution in [0.25, 0.3) is 33.1 Å². The van der Waals surface area contributed by atoms with Gasteiger partial charge in [0, 0.05) is 58.8 Å². The molecular formula is C43H48F2N8O6. The summed E-state index contributed by atoms with van der Waals surface area (Å²) in [6, 6.07) is 17.2. The van der Waals surface area contributed by atoms with Crippen LogP contribution in [0.5, 0.6) is 0 Å². The van der Waals surface area contributed by atoms with Crippen molar-refractivity contribution in [2.45, 2.75) is 71.7 Å². The van der Waals surface area contributed by atoms with Crippen LogP contribution in [0.2, 0.25) is 0 Å². The number of hydrogen-bond acceptors (Lipinski definition) is 11. The molecule has 2 aliphatic heterocycles. The number of ketones is 1. The van der Waals surface area contributed by atoms with Gasteiger partial charge in [0.25, 0.3) is 16.7 Å². The third-order valence-electron chi connectivity index (χ3n) is 10.6. The Kier molecular flexibility index (Phi) is 14.0. The Morgan fingerprint density at radius 3 is 1.53 bits per heavy atom. The van der Waals surface area contributed by atoms with E-state index in [1.165, 1.54) is 23.2 Å². The van der Waals surface area contributed by atoms with E-state index in [2.05, 4.69) is 15.0 Å². The van der Waals surface area contributed by atoms with Crippen molar-refractivity contribution < 1.29 is 23.5 Å². The maximum absolute atomic E-state index is 13.6. The number of aldehydes is 1. The van der Waals surface area contributed by atoms with Gasteiger partial charge in [-0.2, -0.15) is 0 Å². The number of piperidine rings is 2. The van der Waals surface area contributed by atoms with Crippen LogP contribution in [-0.4, -0.2) is 113 Å². The van der Waals surface area contributed by atoms with Crippen molar-refractivity contribution >= 4 is 45.2 Å². The van der Waals surface area contributed by atoms with Crippen molar-refractivity contribution in [3.63, 3.8) is 0 Å². The average molecular weight is 811 g/mol. The van der Waals surface area contributed by atoms with Gasteiger partial charge in [0.15, 0.2) is 12.0 Å². The highest BCUT2D eigenvalue weighted by Crippen LogP contribution is 2.17. The van der Waals surface area contributed by atoms with E-state index < -0.39 is 18.4 Å². The van der Waals surface area contributed by atoms with E-state index in [4.69, 9.17) is 0 Å². The van der Waals surface area contributed by atoms with Gasteiger partial charge >= 0.3 is 0 Å². The topological polar surface area (TPSA) is 166 Å². The number of fused-ring (bicyclic) bond motifs is 3. The second kappa shape index (κ2) is 19.3. The number of hydrogen-bond donors (Lipinski definition) is 1. The molecule has 2 fully saturated rings. The summed E-state index contributed by atoms with van der Waals surface area (Å²) < 4.78 is 31.8. The standard InChI is InChI=1S/C16H20FN3O2.C16H18FN3O2.C11H10N2O2/c2*1-11-2-3-13-14(8-11)20(16(22)9-18-13)7-6-19-5-4-15(21)12(17)10-19;1-8-2-3-9-10(6-8)13(4-5-14)11(15)7-12-9/h2-3,8-9,12,15,21H,4-7,10H2,1H3;2-3,8-9,12H,4-7,10H2,1H3;2-3,5-7H,4H2,1H3. The highest BCUT2D eigenvalue weighted by Gasteiger charge is 2.28. The van der Waals surface area contributed by atoms with E-state index in [1.807, 2.05) is 85.2 Å². The molecule has 3 aromatic carbocycles. The normalized spacial score (nSPS) is 18.6. The van der Waals surface area contributed by atoms with Crippen molar-refractivity contribution in [3.8, 4) is 0 Å². The van der Waals surface area contributed by atoms with Gasteiger partial charge < -0.3 is 19.0 Å². The minimum atomic E-state index is -1.40. The van der Waals surface area contributed by atoms with Crippen molar-refractivity contribution in [2.75, 3.05) is 39.3 Å². The second-order valence-corrected chi connectivity index (χ2v) is 15.0. The van der Waals surface area contributed by atoms with Crippen LogP contribution in [-0.2, 0) is 29.2 Å². The molecule has 0 radical (unpaired) electrons. The third kappa shape index (κ3) is 10.6. The van der Waals surface area contributed by atoms with Gasteiger partial charge in [0.1, 0.15) is 12.5 Å². The molecule has 2 aliphatic rings. The summed E-state index contributed by atoms with van der Waals surface area (Å²) in [5.41, 5.74) is 7.17. The number of likely N-dealkylation sites (tertiary alicyclic amines) is 2. The van der Waals surface area contributed by atoms with Gasteiger partial charge in [0.05, 0.1) is 64.3 Å². The predicted molar refractivity (Wildman–Crippen MR) is 221 cm³/mol. The molecular weight excluding hydrogens is 763 g/mol. The molecule has 0 spiro atoms. The molecule has 0 amide bonds. The maximum atomic E-state index is 13.6. The first-order valence-electron chi connectivity index (χ1n) is 19.6. The number of aliphatic hydroxyl groups is 1. The van der Waals surface area contributed by atoms with Gasteiger partial charge in [-0.25, -0.2) is 23.7 Å². The minimum absolute atomic E-state index is 0.0707. The Hall–Kier alpha value is -5.84. The highest BCUT2D eigenvalue weighted by molar-refractivity contribution is 5.84. The van der Waals surface area contributed by atoms with Crippen molar-refractivity contribution in [3.05, 3.63) is 121 Å². The van der Waals surface area contributed by atoms with E-state index in [0.29, 0.717) is 57.5 Å². The Morgan fingerprint density at radius 2 is 1.08 bits per heavy atom. The van der Waals surface area contributed by atoms with Crippen molar-refractivity contribution in [2.24, 2.45) is 0 Å². The molecule has 14 nitrogen and oxygen atoms in total. The summed E-state index contributed by atoms with van der Waals surface area (Å²) >= 11 is 0. The Morgan fingerprint density at radius 1 is 0.644 bits per heavy atom. The molecule has 59 heavy (non-hydrogen) atoms. The molecule has 8 rings (SSSR count). The molecule has 16 heteroatoms. The number of aromatic nitrogens is 6. The minimum Gasteiger partial charge on any atom is -0.390 e. The van der Waals surface area contributed by atoms with Gasteiger partial charge in [-0.15, -0.1) is 0 Å². The van der Waals surface area contributed by atoms with E-state index >= 15 is 0 Å². The third-order valence-corrected chi connectivity index (χ3v) is 10.6. The summed E-state index contributed by atoms with van der Waals surface area (Å²) in [6.45, 7) is 9.56. The van der Waals surface area contributed by atoms with Crippen LogP contribution >= 0.6 is 0 Å². The van der Waals surface area contributed by atoms with E-state index in [1.54, 1.807) is 9.13 Å². The first-order valence-corrected chi connectivity index (χ1v) is 19.6. The number of benzene rings is 3. The molecule has 0 aliphatic carbocycles. The fraction of sp³-hybridized carbons (Fsp3) is 0.395. The summed E-state index contributed by atoms with van der Waals surface area (Å²) in [5.74, 6) is -0.321. The predicted octanol–water partition coefficient (Wildman–Crippen LogP) is 3.33. The number of alkyl halides is 2. The summed E-state index contributed by atoms with van der Waals surface area (Å²) in [4.78, 5) is 73.5. The fourth-order valence-electron chi connectivity index (χ4n) is 7.23. The Bertz CT molecular complexity index is 2650. The smallest absolute Gasteiger partial charge is 0.269 e. The molecule has 6 aromatic rings. The molecule has 1 N–H and O–H groups in total. The molecule has 5 heterocycles. The summed E-state index contributed by atoms with van der Waals surface area (Å²) in [7, 11) is 0. The number of aryl methyl sites for hydroxylation is 3. The highest BCUT2D eigenvalue weighted by atomic mass is 19.1. The molecule has 3 unspecified atom stereocenters. The molecule has 3 atom stereocenters. The fourth-order valence-corrected chi connectivity index (χ4v) is 7.23. The van der Waals surface area contributed by atoms with Gasteiger partial charge in [-0.1, -0.05) is 18.2 Å². The average Bonchev–Trinajstić information content (AvgIpc) is 3.21. The van der Waals surface area contributed by atoms with Crippen LogP contribution < -0.4 is 16.7 Å².